The van der Waals surface area contributed by atoms with Crippen LogP contribution in [0.2, 0.25) is 0 Å². The Bertz CT molecular complexity index is 634. The maximum absolute atomic E-state index is 5.94. The molecule has 2 aromatic rings. The van der Waals surface area contributed by atoms with Crippen molar-refractivity contribution in [2.75, 3.05) is 26.8 Å². The van der Waals surface area contributed by atoms with Crippen LogP contribution in [0.15, 0.2) is 42.7 Å². The summed E-state index contributed by atoms with van der Waals surface area (Å²) in [7, 11) is 1.68. The van der Waals surface area contributed by atoms with Crippen LogP contribution in [0, 0.1) is 12.8 Å². The number of hydrogen-bond donors (Lipinski definition) is 0. The average molecular weight is 326 g/mol. The Kier molecular flexibility index (Phi) is 5.70. The summed E-state index contributed by atoms with van der Waals surface area (Å²) in [5.41, 5.74) is 2.67. The lowest BCUT2D eigenvalue weighted by Crippen LogP contribution is -2.35. The first kappa shape index (κ1) is 16.8. The van der Waals surface area contributed by atoms with E-state index in [1.165, 1.54) is 24.0 Å². The highest BCUT2D eigenvalue weighted by molar-refractivity contribution is 5.31. The van der Waals surface area contributed by atoms with Crippen molar-refractivity contribution >= 4 is 0 Å². The van der Waals surface area contributed by atoms with Crippen LogP contribution in [-0.2, 0) is 6.54 Å². The van der Waals surface area contributed by atoms with Crippen molar-refractivity contribution in [3.05, 3.63) is 53.9 Å². The van der Waals surface area contributed by atoms with Crippen LogP contribution in [0.25, 0.3) is 0 Å². The smallest absolute Gasteiger partial charge is 0.119 e. The number of nitrogens with zero attached hydrogens (tertiary/aromatic N) is 2. The molecule has 0 atom stereocenters. The lowest BCUT2D eigenvalue weighted by Gasteiger charge is -2.32. The summed E-state index contributed by atoms with van der Waals surface area (Å²) in [5.74, 6) is 2.43. The number of pyridine rings is 1. The number of rotatable bonds is 6. The summed E-state index contributed by atoms with van der Waals surface area (Å²) < 4.78 is 11.1. The molecule has 1 aromatic heterocycles. The molecule has 0 amide bonds. The van der Waals surface area contributed by atoms with Gasteiger partial charge < -0.3 is 9.47 Å². The van der Waals surface area contributed by atoms with E-state index in [1.54, 1.807) is 7.11 Å². The van der Waals surface area contributed by atoms with E-state index in [-0.39, 0.29) is 0 Å². The maximum atomic E-state index is 5.94. The fraction of sp³-hybridized carbons (Fsp3) is 0.450. The van der Waals surface area contributed by atoms with Crippen LogP contribution in [0.4, 0.5) is 0 Å². The molecule has 1 saturated heterocycles. The summed E-state index contributed by atoms with van der Waals surface area (Å²) in [6.07, 6.45) is 6.23. The zero-order valence-electron chi connectivity index (χ0n) is 14.6. The summed E-state index contributed by atoms with van der Waals surface area (Å²) in [6, 6.07) is 9.96. The van der Waals surface area contributed by atoms with Crippen LogP contribution >= 0.6 is 0 Å². The molecular weight excluding hydrogens is 300 g/mol. The van der Waals surface area contributed by atoms with Gasteiger partial charge in [-0.15, -0.1) is 0 Å². The highest BCUT2D eigenvalue weighted by Gasteiger charge is 2.20. The van der Waals surface area contributed by atoms with Gasteiger partial charge in [-0.1, -0.05) is 0 Å². The van der Waals surface area contributed by atoms with Crippen LogP contribution < -0.4 is 9.47 Å². The topological polar surface area (TPSA) is 34.6 Å². The SMILES string of the molecule is COc1ccc(OCC2CCN(Cc3ccncc3C)CC2)cc1. The molecule has 0 bridgehead atoms. The largest absolute Gasteiger partial charge is 0.497 e. The Balaban J connectivity index is 1.42. The minimum Gasteiger partial charge on any atom is -0.497 e. The minimum absolute atomic E-state index is 0.641. The van der Waals surface area contributed by atoms with Gasteiger partial charge in [0.1, 0.15) is 11.5 Å². The number of aryl methyl sites for hydroxylation is 1. The van der Waals surface area contributed by atoms with Gasteiger partial charge >= 0.3 is 0 Å². The number of hydrogen-bond acceptors (Lipinski definition) is 4. The maximum Gasteiger partial charge on any atom is 0.119 e. The number of ether oxygens (including phenoxy) is 2. The van der Waals surface area contributed by atoms with Crippen molar-refractivity contribution in [1.82, 2.24) is 9.88 Å². The molecular formula is C20H26N2O2. The molecule has 0 N–H and O–H groups in total. The molecule has 4 heteroatoms. The molecule has 4 nitrogen and oxygen atoms in total. The first-order valence-corrected chi connectivity index (χ1v) is 8.63. The first-order chi connectivity index (χ1) is 11.7. The standard InChI is InChI=1S/C20H26N2O2/c1-16-13-21-10-7-18(16)14-22-11-8-17(9-12-22)15-24-20-5-3-19(23-2)4-6-20/h3-7,10,13,17H,8-9,11-12,14-15H2,1-2H3. The van der Waals surface area contributed by atoms with E-state index in [2.05, 4.69) is 22.9 Å². The minimum atomic E-state index is 0.641. The Hall–Kier alpha value is -2.07. The van der Waals surface area contributed by atoms with Crippen LogP contribution in [0.5, 0.6) is 11.5 Å². The molecule has 1 aromatic carbocycles. The number of aromatic nitrogens is 1. The lowest BCUT2D eigenvalue weighted by molar-refractivity contribution is 0.136. The van der Waals surface area contributed by atoms with Gasteiger partial charge in [-0.3, -0.25) is 9.88 Å². The van der Waals surface area contributed by atoms with Gasteiger partial charge in [0.05, 0.1) is 13.7 Å². The molecule has 128 valence electrons. The summed E-state index contributed by atoms with van der Waals surface area (Å²) in [4.78, 5) is 6.71. The third-order valence-electron chi connectivity index (χ3n) is 4.78. The number of piperidine rings is 1. The molecule has 0 spiro atoms. The van der Waals surface area contributed by atoms with Gasteiger partial charge in [0, 0.05) is 18.9 Å². The second kappa shape index (κ2) is 8.15. The van der Waals surface area contributed by atoms with Crippen molar-refractivity contribution < 1.29 is 9.47 Å². The van der Waals surface area contributed by atoms with Crippen molar-refractivity contribution in [3.8, 4) is 11.5 Å². The Labute approximate surface area is 144 Å². The van der Waals surface area contributed by atoms with E-state index in [0.717, 1.165) is 37.7 Å². The zero-order valence-corrected chi connectivity index (χ0v) is 14.6. The molecule has 0 saturated carbocycles. The van der Waals surface area contributed by atoms with E-state index >= 15 is 0 Å². The first-order valence-electron chi connectivity index (χ1n) is 8.63. The predicted molar refractivity (Wildman–Crippen MR) is 95.5 cm³/mol. The summed E-state index contributed by atoms with van der Waals surface area (Å²) >= 11 is 0. The molecule has 0 unspecified atom stereocenters. The van der Waals surface area contributed by atoms with E-state index in [0.29, 0.717) is 5.92 Å². The Morgan fingerprint density at radius 2 is 1.79 bits per heavy atom. The molecule has 24 heavy (non-hydrogen) atoms. The summed E-state index contributed by atoms with van der Waals surface area (Å²) in [5, 5.41) is 0. The van der Waals surface area contributed by atoms with Gasteiger partial charge in [0.25, 0.3) is 0 Å². The van der Waals surface area contributed by atoms with E-state index in [9.17, 15) is 0 Å². The quantitative estimate of drug-likeness (QED) is 0.811. The predicted octanol–water partition coefficient (Wildman–Crippen LogP) is 3.69. The second-order valence-corrected chi connectivity index (χ2v) is 6.51. The van der Waals surface area contributed by atoms with E-state index < -0.39 is 0 Å². The van der Waals surface area contributed by atoms with Gasteiger partial charge in [-0.05, 0) is 80.2 Å². The molecule has 0 radical (unpaired) electrons. The number of benzene rings is 1. The third kappa shape index (κ3) is 4.48. The van der Waals surface area contributed by atoms with Crippen LogP contribution in [0.1, 0.15) is 24.0 Å². The molecule has 2 heterocycles. The van der Waals surface area contributed by atoms with Crippen molar-refractivity contribution in [1.29, 1.82) is 0 Å². The van der Waals surface area contributed by atoms with Gasteiger partial charge in [0.2, 0.25) is 0 Å². The fourth-order valence-electron chi connectivity index (χ4n) is 3.12. The number of likely N-dealkylation sites (tertiary alicyclic amines) is 1. The van der Waals surface area contributed by atoms with Gasteiger partial charge in [0.15, 0.2) is 0 Å². The molecule has 1 aliphatic rings. The molecule has 1 aliphatic heterocycles. The highest BCUT2D eigenvalue weighted by atomic mass is 16.5. The monoisotopic (exact) mass is 326 g/mol. The number of methoxy groups -OCH3 is 1. The molecule has 0 aliphatic carbocycles. The van der Waals surface area contributed by atoms with Crippen molar-refractivity contribution in [3.63, 3.8) is 0 Å². The second-order valence-electron chi connectivity index (χ2n) is 6.51. The molecule has 3 rings (SSSR count). The molecule has 1 fully saturated rings. The third-order valence-corrected chi connectivity index (χ3v) is 4.78. The Morgan fingerprint density at radius 3 is 2.46 bits per heavy atom. The zero-order chi connectivity index (χ0) is 16.8. The van der Waals surface area contributed by atoms with Crippen LogP contribution in [0.3, 0.4) is 0 Å². The van der Waals surface area contributed by atoms with E-state index in [1.807, 2.05) is 36.7 Å². The Morgan fingerprint density at radius 1 is 1.08 bits per heavy atom. The van der Waals surface area contributed by atoms with Gasteiger partial charge in [-0.25, -0.2) is 0 Å². The fourth-order valence-corrected chi connectivity index (χ4v) is 3.12. The van der Waals surface area contributed by atoms with Crippen molar-refractivity contribution in [2.45, 2.75) is 26.3 Å². The van der Waals surface area contributed by atoms with Crippen LogP contribution in [-0.4, -0.2) is 36.7 Å². The average Bonchev–Trinajstić information content (AvgIpc) is 2.63. The normalized spacial score (nSPS) is 16.1. The lowest BCUT2D eigenvalue weighted by atomic mass is 9.97. The highest BCUT2D eigenvalue weighted by Crippen LogP contribution is 2.22. The van der Waals surface area contributed by atoms with Gasteiger partial charge in [-0.2, -0.15) is 0 Å². The van der Waals surface area contributed by atoms with Crippen molar-refractivity contribution in [2.24, 2.45) is 5.92 Å². The van der Waals surface area contributed by atoms with E-state index in [4.69, 9.17) is 9.47 Å². The summed E-state index contributed by atoms with van der Waals surface area (Å²) in [6.45, 7) is 6.24.